The van der Waals surface area contributed by atoms with Gasteiger partial charge in [0.1, 0.15) is 5.84 Å². The Bertz CT molecular complexity index is 3420. The first-order chi connectivity index (χ1) is 29.9. The van der Waals surface area contributed by atoms with Crippen molar-refractivity contribution in [1.29, 1.82) is 0 Å². The molecule has 0 amide bonds. The van der Waals surface area contributed by atoms with Crippen LogP contribution in [0.1, 0.15) is 41.7 Å². The Balaban J connectivity index is 1.03. The third-order valence-corrected chi connectivity index (χ3v) is 13.0. The van der Waals surface area contributed by atoms with Gasteiger partial charge in [-0.3, -0.25) is 0 Å². The van der Waals surface area contributed by atoms with Gasteiger partial charge in [0.2, 0.25) is 0 Å². The summed E-state index contributed by atoms with van der Waals surface area (Å²) >= 11 is 0. The average molecular weight is 781 g/mol. The maximum atomic E-state index is 6.78. The zero-order valence-corrected chi connectivity index (χ0v) is 34.4. The van der Waals surface area contributed by atoms with Gasteiger partial charge in [-0.1, -0.05) is 214 Å². The van der Waals surface area contributed by atoms with Crippen LogP contribution in [0.4, 0.5) is 0 Å². The summed E-state index contributed by atoms with van der Waals surface area (Å²) in [5.74, 6) is 0.492. The predicted molar refractivity (Wildman–Crippen MR) is 260 cm³/mol. The van der Waals surface area contributed by atoms with Crippen molar-refractivity contribution in [2.24, 2.45) is 10.7 Å². The van der Waals surface area contributed by atoms with Crippen LogP contribution in [0.2, 0.25) is 0 Å². The van der Waals surface area contributed by atoms with E-state index in [0.29, 0.717) is 12.3 Å². The van der Waals surface area contributed by atoms with E-state index in [1.54, 1.807) is 0 Å². The van der Waals surface area contributed by atoms with Gasteiger partial charge in [0.25, 0.3) is 0 Å². The van der Waals surface area contributed by atoms with E-state index in [-0.39, 0.29) is 5.41 Å². The topological polar surface area (TPSA) is 38.4 Å². The molecule has 0 atom stereocenters. The molecule has 0 heterocycles. The fourth-order valence-electron chi connectivity index (χ4n) is 10.0. The Kier molecular flexibility index (Phi) is 8.75. The lowest BCUT2D eigenvalue weighted by Crippen LogP contribution is -2.15. The first-order valence-electron chi connectivity index (χ1n) is 21.2. The molecule has 0 aliphatic heterocycles. The minimum Gasteiger partial charge on any atom is -0.383 e. The van der Waals surface area contributed by atoms with Crippen LogP contribution >= 0.6 is 0 Å². The number of hydrogen-bond donors (Lipinski definition) is 1. The van der Waals surface area contributed by atoms with Crippen LogP contribution < -0.4 is 5.73 Å². The molecule has 0 fully saturated rings. The Morgan fingerprint density at radius 2 is 1.02 bits per heavy atom. The number of amidine groups is 1. The molecule has 2 nitrogen and oxygen atoms in total. The lowest BCUT2D eigenvalue weighted by Gasteiger charge is -2.24. The Labute approximate surface area is 357 Å². The molecule has 0 radical (unpaired) electrons. The molecule has 0 saturated carbocycles. The van der Waals surface area contributed by atoms with Crippen molar-refractivity contribution >= 4 is 54.6 Å². The van der Waals surface area contributed by atoms with Gasteiger partial charge in [0.05, 0.1) is 5.70 Å². The zero-order chi connectivity index (χ0) is 41.1. The second-order valence-corrected chi connectivity index (χ2v) is 16.8. The normalized spacial score (nSPS) is 13.5. The van der Waals surface area contributed by atoms with Crippen LogP contribution in [0.5, 0.6) is 0 Å². The Morgan fingerprint density at radius 3 is 1.77 bits per heavy atom. The van der Waals surface area contributed by atoms with Crippen molar-refractivity contribution in [2.75, 3.05) is 0 Å². The summed E-state index contributed by atoms with van der Waals surface area (Å²) in [7, 11) is 0. The maximum Gasteiger partial charge on any atom is 0.131 e. The van der Waals surface area contributed by atoms with Crippen molar-refractivity contribution in [3.8, 4) is 33.4 Å². The number of aliphatic imine (C=N–C) groups is 1. The molecule has 11 rings (SSSR count). The molecule has 1 aliphatic rings. The molecule has 0 saturated heterocycles. The van der Waals surface area contributed by atoms with E-state index in [0.717, 1.165) is 22.2 Å². The monoisotopic (exact) mass is 780 g/mol. The molecular formula is C59H44N2. The number of benzene rings is 10. The minimum atomic E-state index is -0.129. The van der Waals surface area contributed by atoms with E-state index in [1.165, 1.54) is 87.8 Å². The van der Waals surface area contributed by atoms with Gasteiger partial charge in [-0.25, -0.2) is 4.99 Å². The van der Waals surface area contributed by atoms with E-state index in [1.807, 2.05) is 30.3 Å². The molecule has 10 aromatic rings. The second-order valence-electron chi connectivity index (χ2n) is 16.8. The molecule has 0 spiro atoms. The van der Waals surface area contributed by atoms with E-state index >= 15 is 0 Å². The van der Waals surface area contributed by atoms with Crippen molar-refractivity contribution in [3.05, 3.63) is 234 Å². The number of hydrogen-bond acceptors (Lipinski definition) is 1. The largest absolute Gasteiger partial charge is 0.383 e. The predicted octanol–water partition coefficient (Wildman–Crippen LogP) is 14.9. The number of rotatable bonds is 7. The van der Waals surface area contributed by atoms with Gasteiger partial charge in [0, 0.05) is 16.5 Å². The van der Waals surface area contributed by atoms with Gasteiger partial charge in [-0.2, -0.15) is 0 Å². The summed E-state index contributed by atoms with van der Waals surface area (Å²) in [5.41, 5.74) is 21.1. The molecule has 0 bridgehead atoms. The molecule has 0 aromatic heterocycles. The lowest BCUT2D eigenvalue weighted by atomic mass is 9.79. The van der Waals surface area contributed by atoms with Crippen molar-refractivity contribution in [2.45, 2.75) is 25.7 Å². The van der Waals surface area contributed by atoms with E-state index in [4.69, 9.17) is 10.7 Å². The van der Waals surface area contributed by atoms with Crippen LogP contribution in [0, 0.1) is 0 Å². The molecular weight excluding hydrogens is 737 g/mol. The number of allylic oxidation sites excluding steroid dienone is 1. The van der Waals surface area contributed by atoms with Crippen LogP contribution in [0.15, 0.2) is 211 Å². The number of nitrogens with zero attached hydrogens (tertiary/aromatic N) is 1. The van der Waals surface area contributed by atoms with E-state index < -0.39 is 0 Å². The SMILES string of the molecule is CC1(C)c2cc(-c3ccc(-c4ccc(/C(=C/Cc5cccc6ccccc56)N=C(N)c5ccccc5)c5ccccc45)c4ccccc34)ccc2-c2ccc3ccccc3c21. The first-order valence-corrected chi connectivity index (χ1v) is 21.2. The van der Waals surface area contributed by atoms with Crippen LogP contribution in [-0.2, 0) is 11.8 Å². The summed E-state index contributed by atoms with van der Waals surface area (Å²) < 4.78 is 0. The number of nitrogens with two attached hydrogens (primary N) is 1. The highest BCUT2D eigenvalue weighted by Gasteiger charge is 2.37. The van der Waals surface area contributed by atoms with Gasteiger partial charge in [-0.15, -0.1) is 0 Å². The molecule has 61 heavy (non-hydrogen) atoms. The van der Waals surface area contributed by atoms with Crippen LogP contribution in [0.3, 0.4) is 0 Å². The molecule has 1 aliphatic carbocycles. The van der Waals surface area contributed by atoms with E-state index in [2.05, 4.69) is 190 Å². The molecule has 290 valence electrons. The van der Waals surface area contributed by atoms with Gasteiger partial charge in [-0.05, 0) is 106 Å². The fraction of sp³-hybridized carbons (Fsp3) is 0.0678. The highest BCUT2D eigenvalue weighted by atomic mass is 14.9. The number of fused-ring (bicyclic) bond motifs is 8. The minimum absolute atomic E-state index is 0.129. The third-order valence-electron chi connectivity index (χ3n) is 13.0. The first kappa shape index (κ1) is 36.5. The standard InChI is InChI=1S/C59H44N2/c1-59(2)55-37-42(28-30-52(55)54-31-27-40-16-7-9-22-45(40)57(54)59)44-32-33-50(47-24-11-10-23-46(44)47)51-34-35-53(49-26-13-12-25-48(49)51)56(61-58(60)41-17-4-3-5-18-41)36-29-39-20-14-19-38-15-6-8-21-43(38)39/h3-28,30-37H,29H2,1-2H3,(H2,60,61)/b56-36-. The highest BCUT2D eigenvalue weighted by molar-refractivity contribution is 6.12. The van der Waals surface area contributed by atoms with Gasteiger partial charge in [0.15, 0.2) is 0 Å². The van der Waals surface area contributed by atoms with Crippen LogP contribution in [-0.4, -0.2) is 5.84 Å². The van der Waals surface area contributed by atoms with Gasteiger partial charge >= 0.3 is 0 Å². The second kappa shape index (κ2) is 14.6. The quantitative estimate of drug-likeness (QED) is 0.127. The molecule has 10 aromatic carbocycles. The lowest BCUT2D eigenvalue weighted by molar-refractivity contribution is 0.666. The van der Waals surface area contributed by atoms with Crippen molar-refractivity contribution in [1.82, 2.24) is 0 Å². The van der Waals surface area contributed by atoms with E-state index in [9.17, 15) is 0 Å². The summed E-state index contributed by atoms with van der Waals surface area (Å²) in [4.78, 5) is 5.18. The maximum absolute atomic E-state index is 6.78. The van der Waals surface area contributed by atoms with Crippen molar-refractivity contribution < 1.29 is 0 Å². The fourth-order valence-corrected chi connectivity index (χ4v) is 10.0. The summed E-state index contributed by atoms with van der Waals surface area (Å²) in [6.07, 6.45) is 2.95. The Hall–Kier alpha value is -7.55. The highest BCUT2D eigenvalue weighted by Crippen LogP contribution is 2.52. The van der Waals surface area contributed by atoms with Crippen LogP contribution in [0.25, 0.3) is 82.2 Å². The Morgan fingerprint density at radius 1 is 0.475 bits per heavy atom. The molecule has 2 heteroatoms. The smallest absolute Gasteiger partial charge is 0.131 e. The zero-order valence-electron chi connectivity index (χ0n) is 34.4. The third kappa shape index (κ3) is 6.14. The summed E-state index contributed by atoms with van der Waals surface area (Å²) in [6.45, 7) is 4.77. The molecule has 0 unspecified atom stereocenters. The van der Waals surface area contributed by atoms with Crippen molar-refractivity contribution in [3.63, 3.8) is 0 Å². The molecule has 2 N–H and O–H groups in total. The summed E-state index contributed by atoms with van der Waals surface area (Å²) in [6, 6.07) is 72.4. The van der Waals surface area contributed by atoms with Gasteiger partial charge < -0.3 is 5.73 Å². The average Bonchev–Trinajstić information content (AvgIpc) is 3.55. The summed E-state index contributed by atoms with van der Waals surface area (Å²) in [5, 5.41) is 9.89.